The standard InChI is InChI=1S/C15H24N2O2S/c1-5-10(13-7-6-8-20-13)16-11-9-12(11)17-14(18)19-15(2,3)4/h6-8,10-12,16H,5,9H2,1-4H3,(H,17,18). The van der Waals surface area contributed by atoms with Crippen LogP contribution in [0.5, 0.6) is 0 Å². The zero-order valence-corrected chi connectivity index (χ0v) is 13.4. The highest BCUT2D eigenvalue weighted by atomic mass is 32.1. The molecule has 0 aliphatic heterocycles. The van der Waals surface area contributed by atoms with Gasteiger partial charge in [0.25, 0.3) is 0 Å². The molecule has 1 heterocycles. The monoisotopic (exact) mass is 296 g/mol. The van der Waals surface area contributed by atoms with Crippen LogP contribution in [0.15, 0.2) is 17.5 Å². The number of hydrogen-bond donors (Lipinski definition) is 2. The highest BCUT2D eigenvalue weighted by Crippen LogP contribution is 2.29. The van der Waals surface area contributed by atoms with Crippen molar-refractivity contribution < 1.29 is 9.53 Å². The predicted molar refractivity (Wildman–Crippen MR) is 82.0 cm³/mol. The molecule has 1 amide bonds. The van der Waals surface area contributed by atoms with Gasteiger partial charge in [-0.05, 0) is 45.1 Å². The van der Waals surface area contributed by atoms with E-state index in [1.807, 2.05) is 20.8 Å². The van der Waals surface area contributed by atoms with Crippen LogP contribution in [-0.4, -0.2) is 23.8 Å². The number of nitrogens with one attached hydrogen (secondary N) is 2. The normalized spacial score (nSPS) is 23.2. The maximum atomic E-state index is 11.7. The minimum Gasteiger partial charge on any atom is -0.444 e. The van der Waals surface area contributed by atoms with Crippen LogP contribution in [0.3, 0.4) is 0 Å². The molecule has 4 nitrogen and oxygen atoms in total. The second-order valence-corrected chi connectivity index (χ2v) is 7.22. The molecule has 3 atom stereocenters. The first kappa shape index (κ1) is 15.3. The summed E-state index contributed by atoms with van der Waals surface area (Å²) in [6, 6.07) is 5.16. The SMILES string of the molecule is CCC(NC1CC1NC(=O)OC(C)(C)C)c1cccs1. The molecule has 1 aromatic rings. The molecule has 0 saturated heterocycles. The molecular formula is C15H24N2O2S. The highest BCUT2D eigenvalue weighted by Gasteiger charge is 2.40. The fourth-order valence-electron chi connectivity index (χ4n) is 2.15. The van der Waals surface area contributed by atoms with E-state index in [1.165, 1.54) is 4.88 Å². The topological polar surface area (TPSA) is 50.4 Å². The zero-order valence-electron chi connectivity index (χ0n) is 12.6. The maximum Gasteiger partial charge on any atom is 0.407 e. The van der Waals surface area contributed by atoms with E-state index in [9.17, 15) is 4.79 Å². The minimum atomic E-state index is -0.440. The van der Waals surface area contributed by atoms with Gasteiger partial charge in [-0.3, -0.25) is 0 Å². The zero-order chi connectivity index (χ0) is 14.8. The van der Waals surface area contributed by atoms with Gasteiger partial charge in [0.1, 0.15) is 5.60 Å². The van der Waals surface area contributed by atoms with E-state index in [0.717, 1.165) is 12.8 Å². The van der Waals surface area contributed by atoms with Crippen molar-refractivity contribution in [2.75, 3.05) is 0 Å². The third-order valence-electron chi connectivity index (χ3n) is 3.20. The smallest absolute Gasteiger partial charge is 0.407 e. The van der Waals surface area contributed by atoms with E-state index >= 15 is 0 Å². The molecule has 5 heteroatoms. The Balaban J connectivity index is 1.76. The fraction of sp³-hybridized carbons (Fsp3) is 0.667. The number of thiophene rings is 1. The van der Waals surface area contributed by atoms with Crippen molar-refractivity contribution in [2.24, 2.45) is 0 Å². The second-order valence-electron chi connectivity index (χ2n) is 6.24. The Kier molecular flexibility index (Phi) is 4.70. The van der Waals surface area contributed by atoms with E-state index in [4.69, 9.17) is 4.74 Å². The van der Waals surface area contributed by atoms with Crippen molar-refractivity contribution in [1.82, 2.24) is 10.6 Å². The van der Waals surface area contributed by atoms with Crippen molar-refractivity contribution in [3.05, 3.63) is 22.4 Å². The first-order chi connectivity index (χ1) is 9.39. The van der Waals surface area contributed by atoms with Gasteiger partial charge in [0.2, 0.25) is 0 Å². The quantitative estimate of drug-likeness (QED) is 0.875. The molecule has 112 valence electrons. The molecule has 1 aromatic heterocycles. The number of ether oxygens (including phenoxy) is 1. The van der Waals surface area contributed by atoms with Gasteiger partial charge in [-0.15, -0.1) is 11.3 Å². The summed E-state index contributed by atoms with van der Waals surface area (Å²) in [7, 11) is 0. The summed E-state index contributed by atoms with van der Waals surface area (Å²) in [4.78, 5) is 13.0. The molecule has 20 heavy (non-hydrogen) atoms. The molecule has 1 saturated carbocycles. The van der Waals surface area contributed by atoms with E-state index in [2.05, 4.69) is 35.1 Å². The lowest BCUT2D eigenvalue weighted by Crippen LogP contribution is -2.37. The van der Waals surface area contributed by atoms with Crippen molar-refractivity contribution in [3.8, 4) is 0 Å². The molecule has 3 unspecified atom stereocenters. The summed E-state index contributed by atoms with van der Waals surface area (Å²) in [5.74, 6) is 0. The fourth-order valence-corrected chi connectivity index (χ4v) is 3.02. The highest BCUT2D eigenvalue weighted by molar-refractivity contribution is 7.10. The number of carbonyl (C=O) groups excluding carboxylic acids is 1. The van der Waals surface area contributed by atoms with E-state index in [0.29, 0.717) is 12.1 Å². The van der Waals surface area contributed by atoms with Crippen molar-refractivity contribution in [2.45, 2.75) is 64.3 Å². The average Bonchev–Trinajstić information content (AvgIpc) is 2.85. The largest absolute Gasteiger partial charge is 0.444 e. The minimum absolute atomic E-state index is 0.193. The molecule has 1 fully saturated rings. The van der Waals surface area contributed by atoms with Crippen LogP contribution in [0.25, 0.3) is 0 Å². The first-order valence-corrected chi connectivity index (χ1v) is 8.06. The molecule has 0 radical (unpaired) electrons. The van der Waals surface area contributed by atoms with Crippen LogP contribution in [0, 0.1) is 0 Å². The number of hydrogen-bond acceptors (Lipinski definition) is 4. The number of rotatable bonds is 5. The van der Waals surface area contributed by atoms with E-state index in [-0.39, 0.29) is 12.1 Å². The third-order valence-corrected chi connectivity index (χ3v) is 4.19. The third kappa shape index (κ3) is 4.49. The molecule has 2 rings (SSSR count). The van der Waals surface area contributed by atoms with Gasteiger partial charge in [-0.1, -0.05) is 13.0 Å². The Labute approximate surface area is 124 Å². The van der Waals surface area contributed by atoms with Gasteiger partial charge in [0.05, 0.1) is 0 Å². The van der Waals surface area contributed by atoms with Gasteiger partial charge in [-0.25, -0.2) is 4.79 Å². The Morgan fingerprint density at radius 1 is 1.50 bits per heavy atom. The van der Waals surface area contributed by atoms with Crippen LogP contribution in [0.2, 0.25) is 0 Å². The second kappa shape index (κ2) is 6.14. The lowest BCUT2D eigenvalue weighted by molar-refractivity contribution is 0.0522. The van der Waals surface area contributed by atoms with Crippen LogP contribution >= 0.6 is 11.3 Å². The summed E-state index contributed by atoms with van der Waals surface area (Å²) < 4.78 is 5.26. The summed E-state index contributed by atoms with van der Waals surface area (Å²) >= 11 is 1.77. The van der Waals surface area contributed by atoms with Crippen LogP contribution < -0.4 is 10.6 Å². The number of amides is 1. The van der Waals surface area contributed by atoms with Crippen molar-refractivity contribution in [1.29, 1.82) is 0 Å². The molecule has 1 aliphatic rings. The lowest BCUT2D eigenvalue weighted by Gasteiger charge is -2.20. The summed E-state index contributed by atoms with van der Waals surface area (Å²) in [5, 5.41) is 8.62. The van der Waals surface area contributed by atoms with Crippen molar-refractivity contribution >= 4 is 17.4 Å². The van der Waals surface area contributed by atoms with E-state index < -0.39 is 5.60 Å². The first-order valence-electron chi connectivity index (χ1n) is 7.18. The number of alkyl carbamates (subject to hydrolysis) is 1. The average molecular weight is 296 g/mol. The Bertz CT molecular complexity index is 439. The van der Waals surface area contributed by atoms with Crippen LogP contribution in [-0.2, 0) is 4.74 Å². The van der Waals surface area contributed by atoms with E-state index in [1.54, 1.807) is 11.3 Å². The Morgan fingerprint density at radius 2 is 2.25 bits per heavy atom. The maximum absolute atomic E-state index is 11.7. The molecule has 0 spiro atoms. The number of carbonyl (C=O) groups is 1. The lowest BCUT2D eigenvalue weighted by atomic mass is 10.2. The van der Waals surface area contributed by atoms with Gasteiger partial charge >= 0.3 is 6.09 Å². The van der Waals surface area contributed by atoms with Gasteiger partial charge in [-0.2, -0.15) is 0 Å². The molecule has 1 aliphatic carbocycles. The molecular weight excluding hydrogens is 272 g/mol. The summed E-state index contributed by atoms with van der Waals surface area (Å²) in [6.45, 7) is 7.80. The van der Waals surface area contributed by atoms with Crippen molar-refractivity contribution in [3.63, 3.8) is 0 Å². The molecule has 2 N–H and O–H groups in total. The molecule has 0 aromatic carbocycles. The molecule has 0 bridgehead atoms. The summed E-state index contributed by atoms with van der Waals surface area (Å²) in [5.41, 5.74) is -0.440. The van der Waals surface area contributed by atoms with Crippen LogP contribution in [0.1, 0.15) is 51.5 Å². The van der Waals surface area contributed by atoms with Gasteiger partial charge in [0.15, 0.2) is 0 Å². The predicted octanol–water partition coefficient (Wildman–Crippen LogP) is 3.45. The Hall–Kier alpha value is -1.07. The van der Waals surface area contributed by atoms with Gasteiger partial charge < -0.3 is 15.4 Å². The summed E-state index contributed by atoms with van der Waals surface area (Å²) in [6.07, 6.45) is 1.70. The van der Waals surface area contributed by atoms with Crippen LogP contribution in [0.4, 0.5) is 4.79 Å². The Morgan fingerprint density at radius 3 is 2.80 bits per heavy atom. The van der Waals surface area contributed by atoms with Gasteiger partial charge in [0, 0.05) is 23.0 Å².